The highest BCUT2D eigenvalue weighted by Crippen LogP contribution is 2.16. The molecule has 0 heterocycles. The van der Waals surface area contributed by atoms with Gasteiger partial charge in [-0.05, 0) is 13.8 Å². The lowest BCUT2D eigenvalue weighted by Crippen LogP contribution is -2.27. The second-order valence-electron chi connectivity index (χ2n) is 6.14. The van der Waals surface area contributed by atoms with Crippen molar-refractivity contribution in [2.75, 3.05) is 19.8 Å². The molecule has 0 aromatic heterocycles. The highest BCUT2D eigenvalue weighted by atomic mass is 16.5. The molecule has 2 N–H and O–H groups in total. The third kappa shape index (κ3) is 12.1. The first-order valence-electron chi connectivity index (χ1n) is 6.84. The standard InChI is InChI=1S/C11H16O4.C5H10O3/c1-5-9(12)14-7-11(3,4)8-15-10(13)6-2;1-5(2,3-6)4(7)8/h5-6H,1-2,7-8H2,3-4H3;6H,3H2,1-2H3,(H,7,8). The van der Waals surface area contributed by atoms with Gasteiger partial charge in [0.25, 0.3) is 0 Å². The second kappa shape index (κ2) is 10.6. The average Bonchev–Trinajstić information content (AvgIpc) is 2.50. The van der Waals surface area contributed by atoms with Gasteiger partial charge in [0, 0.05) is 17.6 Å². The van der Waals surface area contributed by atoms with E-state index >= 15 is 0 Å². The van der Waals surface area contributed by atoms with Crippen molar-refractivity contribution >= 4 is 17.9 Å². The number of carboxylic acid groups (broad SMARTS) is 1. The Morgan fingerprint density at radius 1 is 0.957 bits per heavy atom. The molecule has 0 aliphatic heterocycles. The van der Waals surface area contributed by atoms with Crippen molar-refractivity contribution in [3.8, 4) is 0 Å². The largest absolute Gasteiger partial charge is 0.481 e. The lowest BCUT2D eigenvalue weighted by Gasteiger charge is -2.22. The SMILES string of the molecule is C=CC(=O)OCC(C)(C)COC(=O)C=C.CC(C)(CO)C(=O)O. The lowest BCUT2D eigenvalue weighted by atomic mass is 9.96. The molecule has 0 aromatic rings. The van der Waals surface area contributed by atoms with Crippen LogP contribution < -0.4 is 0 Å². The molecule has 0 rings (SSSR count). The van der Waals surface area contributed by atoms with Gasteiger partial charge in [-0.1, -0.05) is 27.0 Å². The summed E-state index contributed by atoms with van der Waals surface area (Å²) in [4.78, 5) is 31.7. The van der Waals surface area contributed by atoms with Gasteiger partial charge in [0.1, 0.15) is 0 Å². The minimum atomic E-state index is -0.986. The molecule has 0 amide bonds. The first-order chi connectivity index (χ1) is 10.4. The number of esters is 2. The molecule has 132 valence electrons. The zero-order chi connectivity index (χ0) is 18.7. The van der Waals surface area contributed by atoms with Gasteiger partial charge in [-0.25, -0.2) is 9.59 Å². The lowest BCUT2D eigenvalue weighted by molar-refractivity contribution is -0.149. The third-order valence-electron chi connectivity index (χ3n) is 2.52. The van der Waals surface area contributed by atoms with Crippen LogP contribution >= 0.6 is 0 Å². The third-order valence-corrected chi connectivity index (χ3v) is 2.52. The minimum Gasteiger partial charge on any atom is -0.481 e. The van der Waals surface area contributed by atoms with Crippen molar-refractivity contribution < 1.29 is 34.1 Å². The molecule has 0 aliphatic carbocycles. The predicted octanol–water partition coefficient (Wildman–Crippen LogP) is 1.56. The van der Waals surface area contributed by atoms with E-state index in [1.807, 2.05) is 13.8 Å². The monoisotopic (exact) mass is 330 g/mol. The molecule has 23 heavy (non-hydrogen) atoms. The summed E-state index contributed by atoms with van der Waals surface area (Å²) in [5, 5.41) is 16.7. The normalized spacial score (nSPS) is 10.7. The maximum absolute atomic E-state index is 10.8. The summed E-state index contributed by atoms with van der Waals surface area (Å²) in [5.41, 5.74) is -1.41. The van der Waals surface area contributed by atoms with Crippen molar-refractivity contribution in [1.82, 2.24) is 0 Å². The Kier molecular flexibility index (Phi) is 10.6. The van der Waals surface area contributed by atoms with Crippen LogP contribution in [0.5, 0.6) is 0 Å². The minimum absolute atomic E-state index is 0.169. The number of aliphatic hydroxyl groups is 1. The van der Waals surface area contributed by atoms with E-state index < -0.39 is 28.7 Å². The molecule has 0 radical (unpaired) electrons. The van der Waals surface area contributed by atoms with Crippen molar-refractivity contribution in [2.45, 2.75) is 27.7 Å². The van der Waals surface area contributed by atoms with Crippen LogP contribution in [0.4, 0.5) is 0 Å². The number of carboxylic acids is 1. The summed E-state index contributed by atoms with van der Waals surface area (Å²) in [5.74, 6) is -1.95. The molecule has 7 heteroatoms. The molecule has 0 aromatic carbocycles. The summed E-state index contributed by atoms with van der Waals surface area (Å²) >= 11 is 0. The zero-order valence-corrected chi connectivity index (χ0v) is 14.1. The van der Waals surface area contributed by atoms with E-state index in [2.05, 4.69) is 13.2 Å². The van der Waals surface area contributed by atoms with Gasteiger partial charge in [0.15, 0.2) is 0 Å². The van der Waals surface area contributed by atoms with Crippen LogP contribution in [-0.4, -0.2) is 47.9 Å². The summed E-state index contributed by atoms with van der Waals surface area (Å²) in [6, 6.07) is 0. The van der Waals surface area contributed by atoms with E-state index in [0.717, 1.165) is 12.2 Å². The summed E-state index contributed by atoms with van der Waals surface area (Å²) in [6.07, 6.45) is 2.18. The molecular weight excluding hydrogens is 304 g/mol. The van der Waals surface area contributed by atoms with Crippen LogP contribution in [0.15, 0.2) is 25.3 Å². The number of aliphatic hydroxyl groups excluding tert-OH is 1. The molecule has 0 atom stereocenters. The summed E-state index contributed by atoms with van der Waals surface area (Å²) < 4.78 is 9.70. The Morgan fingerprint density at radius 3 is 1.48 bits per heavy atom. The van der Waals surface area contributed by atoms with Crippen LogP contribution in [0.25, 0.3) is 0 Å². The Morgan fingerprint density at radius 2 is 1.30 bits per heavy atom. The Labute approximate surface area is 136 Å². The Bertz CT molecular complexity index is 410. The highest BCUT2D eigenvalue weighted by Gasteiger charge is 2.25. The number of carbonyl (C=O) groups excluding carboxylic acids is 2. The van der Waals surface area contributed by atoms with E-state index in [9.17, 15) is 14.4 Å². The number of carbonyl (C=O) groups is 3. The maximum Gasteiger partial charge on any atom is 0.330 e. The molecule has 0 spiro atoms. The quantitative estimate of drug-likeness (QED) is 0.513. The van der Waals surface area contributed by atoms with Crippen LogP contribution in [0.1, 0.15) is 27.7 Å². The van der Waals surface area contributed by atoms with Crippen molar-refractivity contribution in [3.63, 3.8) is 0 Å². The van der Waals surface area contributed by atoms with Crippen molar-refractivity contribution in [2.24, 2.45) is 10.8 Å². The first kappa shape index (κ1) is 23.1. The molecule has 0 fully saturated rings. The molecule has 0 bridgehead atoms. The van der Waals surface area contributed by atoms with Crippen LogP contribution in [0, 0.1) is 10.8 Å². The maximum atomic E-state index is 10.8. The van der Waals surface area contributed by atoms with E-state index in [1.54, 1.807) is 0 Å². The van der Waals surface area contributed by atoms with Crippen molar-refractivity contribution in [3.05, 3.63) is 25.3 Å². The van der Waals surface area contributed by atoms with Crippen LogP contribution in [-0.2, 0) is 23.9 Å². The predicted molar refractivity (Wildman–Crippen MR) is 84.6 cm³/mol. The fourth-order valence-corrected chi connectivity index (χ4v) is 0.760. The van der Waals surface area contributed by atoms with Crippen molar-refractivity contribution in [1.29, 1.82) is 0 Å². The number of rotatable bonds is 8. The van der Waals surface area contributed by atoms with Gasteiger partial charge < -0.3 is 19.7 Å². The Balaban J connectivity index is 0. The number of ether oxygens (including phenoxy) is 2. The van der Waals surface area contributed by atoms with Gasteiger partial charge in [-0.15, -0.1) is 0 Å². The Hall–Kier alpha value is -2.15. The zero-order valence-electron chi connectivity index (χ0n) is 14.1. The number of hydrogen-bond donors (Lipinski definition) is 2. The first-order valence-corrected chi connectivity index (χ1v) is 6.84. The molecule has 0 aliphatic rings. The van der Waals surface area contributed by atoms with Crippen LogP contribution in [0.3, 0.4) is 0 Å². The second-order valence-corrected chi connectivity index (χ2v) is 6.14. The van der Waals surface area contributed by atoms with Gasteiger partial charge in [-0.2, -0.15) is 0 Å². The van der Waals surface area contributed by atoms with Gasteiger partial charge in [-0.3, -0.25) is 4.79 Å². The molecule has 0 saturated carbocycles. The fraction of sp³-hybridized carbons (Fsp3) is 0.562. The smallest absolute Gasteiger partial charge is 0.330 e. The summed E-state index contributed by atoms with van der Waals surface area (Å²) in [7, 11) is 0. The van der Waals surface area contributed by atoms with Gasteiger partial charge in [0.2, 0.25) is 0 Å². The van der Waals surface area contributed by atoms with E-state index in [4.69, 9.17) is 19.7 Å². The number of hydrogen-bond acceptors (Lipinski definition) is 6. The van der Waals surface area contributed by atoms with E-state index in [1.165, 1.54) is 13.8 Å². The number of aliphatic carboxylic acids is 1. The summed E-state index contributed by atoms with van der Waals surface area (Å²) in [6.45, 7) is 13.1. The highest BCUT2D eigenvalue weighted by molar-refractivity contribution is 5.81. The fourth-order valence-electron chi connectivity index (χ4n) is 0.760. The van der Waals surface area contributed by atoms with E-state index in [-0.39, 0.29) is 19.8 Å². The van der Waals surface area contributed by atoms with E-state index in [0.29, 0.717) is 0 Å². The van der Waals surface area contributed by atoms with Gasteiger partial charge >= 0.3 is 17.9 Å². The average molecular weight is 330 g/mol. The van der Waals surface area contributed by atoms with Gasteiger partial charge in [0.05, 0.1) is 25.2 Å². The molecule has 0 saturated heterocycles. The molecular formula is C16H26O7. The topological polar surface area (TPSA) is 110 Å². The molecule has 0 unspecified atom stereocenters. The van der Waals surface area contributed by atoms with Crippen LogP contribution in [0.2, 0.25) is 0 Å². The molecule has 7 nitrogen and oxygen atoms in total.